The topological polar surface area (TPSA) is 43.8 Å². The van der Waals surface area contributed by atoms with Crippen LogP contribution in [0.3, 0.4) is 0 Å². The highest BCUT2D eigenvalue weighted by molar-refractivity contribution is 9.10. The van der Waals surface area contributed by atoms with Gasteiger partial charge >= 0.3 is 0 Å². The maximum atomic E-state index is 5.74. The molecule has 3 nitrogen and oxygen atoms in total. The Morgan fingerprint density at radius 3 is 2.47 bits per heavy atom. The van der Waals surface area contributed by atoms with Gasteiger partial charge in [-0.3, -0.25) is 4.68 Å². The molecule has 2 rings (SSSR count). The van der Waals surface area contributed by atoms with Crippen LogP contribution in [-0.2, 0) is 0 Å². The first kappa shape index (κ1) is 14.2. The molecule has 1 heterocycles. The molecule has 0 aliphatic heterocycles. The van der Waals surface area contributed by atoms with Crippen molar-refractivity contribution < 1.29 is 0 Å². The molecule has 0 fully saturated rings. The Morgan fingerprint density at radius 1 is 1.37 bits per heavy atom. The van der Waals surface area contributed by atoms with E-state index in [1.54, 1.807) is 0 Å². The third-order valence-corrected chi connectivity index (χ3v) is 4.43. The van der Waals surface area contributed by atoms with Gasteiger partial charge in [-0.25, -0.2) is 0 Å². The number of rotatable bonds is 4. The van der Waals surface area contributed by atoms with Crippen molar-refractivity contribution in [3.8, 4) is 0 Å². The molecule has 0 amide bonds. The van der Waals surface area contributed by atoms with Gasteiger partial charge in [-0.1, -0.05) is 42.5 Å². The lowest BCUT2D eigenvalue weighted by atomic mass is 10.0. The van der Waals surface area contributed by atoms with Gasteiger partial charge in [0.25, 0.3) is 0 Å². The van der Waals surface area contributed by atoms with Crippen molar-refractivity contribution in [2.75, 3.05) is 0 Å². The molecule has 19 heavy (non-hydrogen) atoms. The van der Waals surface area contributed by atoms with E-state index in [2.05, 4.69) is 33.2 Å². The molecule has 1 aromatic heterocycles. The minimum absolute atomic E-state index is 0.0451. The first-order valence-electron chi connectivity index (χ1n) is 6.05. The highest BCUT2D eigenvalue weighted by Gasteiger charge is 2.20. The second kappa shape index (κ2) is 5.84. The molecule has 1 aromatic carbocycles. The van der Waals surface area contributed by atoms with Gasteiger partial charge in [0.05, 0.1) is 26.9 Å². The maximum absolute atomic E-state index is 5.74. The van der Waals surface area contributed by atoms with E-state index in [-0.39, 0.29) is 6.04 Å². The van der Waals surface area contributed by atoms with Crippen LogP contribution >= 0.6 is 28.1 Å². The fraction of sp³-hybridized carbons (Fsp3) is 0.286. The fourth-order valence-electron chi connectivity index (χ4n) is 2.16. The van der Waals surface area contributed by atoms with Crippen LogP contribution in [0.4, 0.5) is 0 Å². The van der Waals surface area contributed by atoms with Crippen LogP contribution in [0.2, 0.25) is 0 Å². The number of nitrogens with zero attached hydrogens (tertiary/aromatic N) is 2. The van der Waals surface area contributed by atoms with Gasteiger partial charge in [0.15, 0.2) is 0 Å². The first-order chi connectivity index (χ1) is 9.00. The number of aryl methyl sites for hydroxylation is 1. The Kier molecular flexibility index (Phi) is 4.37. The van der Waals surface area contributed by atoms with Gasteiger partial charge < -0.3 is 5.73 Å². The molecule has 0 saturated carbocycles. The van der Waals surface area contributed by atoms with Gasteiger partial charge in [-0.2, -0.15) is 5.10 Å². The third kappa shape index (κ3) is 3.04. The largest absolute Gasteiger partial charge is 0.393 e. The van der Waals surface area contributed by atoms with Gasteiger partial charge in [0, 0.05) is 6.42 Å². The summed E-state index contributed by atoms with van der Waals surface area (Å²) >= 11 is 8.64. The minimum Gasteiger partial charge on any atom is -0.393 e. The fourth-order valence-corrected chi connectivity index (χ4v) is 2.58. The van der Waals surface area contributed by atoms with Gasteiger partial charge in [0.2, 0.25) is 0 Å². The average Bonchev–Trinajstić information content (AvgIpc) is 2.64. The highest BCUT2D eigenvalue weighted by Crippen LogP contribution is 2.28. The van der Waals surface area contributed by atoms with E-state index < -0.39 is 0 Å². The van der Waals surface area contributed by atoms with Crippen LogP contribution in [0, 0.1) is 13.8 Å². The molecular weight excluding hydrogens is 322 g/mol. The van der Waals surface area contributed by atoms with E-state index in [0.29, 0.717) is 11.4 Å². The Morgan fingerprint density at radius 2 is 2.00 bits per heavy atom. The zero-order chi connectivity index (χ0) is 14.0. The van der Waals surface area contributed by atoms with E-state index >= 15 is 0 Å². The van der Waals surface area contributed by atoms with Crippen LogP contribution < -0.4 is 5.73 Å². The van der Waals surface area contributed by atoms with Gasteiger partial charge in [-0.05, 0) is 35.3 Å². The van der Waals surface area contributed by atoms with Crippen molar-refractivity contribution >= 4 is 33.1 Å². The van der Waals surface area contributed by atoms with E-state index in [4.69, 9.17) is 18.0 Å². The Hall–Kier alpha value is -1.20. The summed E-state index contributed by atoms with van der Waals surface area (Å²) < 4.78 is 3.03. The molecule has 0 aliphatic carbocycles. The molecule has 0 radical (unpaired) electrons. The predicted molar refractivity (Wildman–Crippen MR) is 85.4 cm³/mol. The maximum Gasteiger partial charge on any atom is 0.0834 e. The SMILES string of the molecule is Cc1nn(C(CC(N)=S)c2ccccc2)c(C)c1Br. The summed E-state index contributed by atoms with van der Waals surface area (Å²) in [5, 5.41) is 4.59. The minimum atomic E-state index is 0.0451. The van der Waals surface area contributed by atoms with Crippen molar-refractivity contribution in [3.05, 3.63) is 51.8 Å². The summed E-state index contributed by atoms with van der Waals surface area (Å²) in [4.78, 5) is 0.498. The lowest BCUT2D eigenvalue weighted by Gasteiger charge is -2.19. The number of nitrogens with two attached hydrogens (primary N) is 1. The summed E-state index contributed by atoms with van der Waals surface area (Å²) in [5.41, 5.74) is 8.96. The van der Waals surface area contributed by atoms with Crippen LogP contribution in [-0.4, -0.2) is 14.8 Å². The molecule has 0 aliphatic rings. The van der Waals surface area contributed by atoms with Crippen molar-refractivity contribution in [1.82, 2.24) is 9.78 Å². The number of benzene rings is 1. The summed E-state index contributed by atoms with van der Waals surface area (Å²) in [5.74, 6) is 0. The zero-order valence-corrected chi connectivity index (χ0v) is 13.3. The highest BCUT2D eigenvalue weighted by atomic mass is 79.9. The van der Waals surface area contributed by atoms with Crippen molar-refractivity contribution in [3.63, 3.8) is 0 Å². The third-order valence-electron chi connectivity index (χ3n) is 3.11. The van der Waals surface area contributed by atoms with E-state index in [0.717, 1.165) is 21.4 Å². The molecule has 1 atom stereocenters. The van der Waals surface area contributed by atoms with E-state index in [1.165, 1.54) is 0 Å². The van der Waals surface area contributed by atoms with Crippen molar-refractivity contribution in [2.24, 2.45) is 5.73 Å². The van der Waals surface area contributed by atoms with Crippen LogP contribution in [0.5, 0.6) is 0 Å². The van der Waals surface area contributed by atoms with Crippen LogP contribution in [0.1, 0.15) is 29.4 Å². The molecule has 0 bridgehead atoms. The molecule has 2 aromatic rings. The number of hydrogen-bond donors (Lipinski definition) is 1. The normalized spacial score (nSPS) is 12.4. The Labute approximate surface area is 126 Å². The summed E-state index contributed by atoms with van der Waals surface area (Å²) in [7, 11) is 0. The van der Waals surface area contributed by atoms with E-state index in [1.807, 2.05) is 36.7 Å². The van der Waals surface area contributed by atoms with Crippen LogP contribution in [0.25, 0.3) is 0 Å². The lowest BCUT2D eigenvalue weighted by Crippen LogP contribution is -2.20. The number of hydrogen-bond acceptors (Lipinski definition) is 2. The van der Waals surface area contributed by atoms with Crippen molar-refractivity contribution in [2.45, 2.75) is 26.3 Å². The Bertz CT molecular complexity index is 592. The molecule has 0 saturated heterocycles. The molecule has 100 valence electrons. The zero-order valence-electron chi connectivity index (χ0n) is 10.9. The monoisotopic (exact) mass is 337 g/mol. The Balaban J connectivity index is 2.49. The molecule has 2 N–H and O–H groups in total. The quantitative estimate of drug-likeness (QED) is 0.868. The smallest absolute Gasteiger partial charge is 0.0834 e. The number of thiocarbonyl (C=S) groups is 1. The van der Waals surface area contributed by atoms with Gasteiger partial charge in [-0.15, -0.1) is 0 Å². The predicted octanol–water partition coefficient (Wildman–Crippen LogP) is 3.53. The standard InChI is InChI=1S/C14H16BrN3S/c1-9-14(15)10(2)18(17-9)12(8-13(16)19)11-6-4-3-5-7-11/h3-7,12H,8H2,1-2H3,(H2,16,19). The van der Waals surface area contributed by atoms with E-state index in [9.17, 15) is 0 Å². The van der Waals surface area contributed by atoms with Crippen LogP contribution in [0.15, 0.2) is 34.8 Å². The first-order valence-corrected chi connectivity index (χ1v) is 7.25. The second-order valence-electron chi connectivity index (χ2n) is 4.53. The number of aromatic nitrogens is 2. The summed E-state index contributed by atoms with van der Waals surface area (Å²) in [6, 6.07) is 10.2. The second-order valence-corrected chi connectivity index (χ2v) is 5.84. The molecule has 1 unspecified atom stereocenters. The molecule has 0 spiro atoms. The lowest BCUT2D eigenvalue weighted by molar-refractivity contribution is 0.523. The molecule has 5 heteroatoms. The molecular formula is C14H16BrN3S. The summed E-state index contributed by atoms with van der Waals surface area (Å²) in [6.45, 7) is 4.02. The average molecular weight is 338 g/mol. The number of halogens is 1. The summed E-state index contributed by atoms with van der Waals surface area (Å²) in [6.07, 6.45) is 0.605. The van der Waals surface area contributed by atoms with Gasteiger partial charge in [0.1, 0.15) is 0 Å². The van der Waals surface area contributed by atoms with Crippen molar-refractivity contribution in [1.29, 1.82) is 0 Å².